The van der Waals surface area contributed by atoms with E-state index in [1.165, 1.54) is 0 Å². The molecule has 0 aliphatic heterocycles. The van der Waals surface area contributed by atoms with Crippen molar-refractivity contribution >= 4 is 5.96 Å². The van der Waals surface area contributed by atoms with Crippen LogP contribution in [0.1, 0.15) is 20.3 Å². The molecule has 0 fully saturated rings. The maximum absolute atomic E-state index is 5.23. The Bertz CT molecular complexity index is 90.6. The van der Waals surface area contributed by atoms with Gasteiger partial charge in [0.05, 0.1) is 0 Å². The fourth-order valence-corrected chi connectivity index (χ4v) is 0.464. The summed E-state index contributed by atoms with van der Waals surface area (Å²) in [6, 6.07) is 0. The zero-order chi connectivity index (χ0) is 7.11. The van der Waals surface area contributed by atoms with Gasteiger partial charge in [0, 0.05) is 39.3 Å². The summed E-state index contributed by atoms with van der Waals surface area (Å²) in [6.07, 6.45) is 1.95. The monoisotopic (exact) mass is 235 g/mol. The first-order valence-electron chi connectivity index (χ1n) is 3.03. The molecule has 0 aliphatic rings. The minimum absolute atomic E-state index is 0. The van der Waals surface area contributed by atoms with Crippen LogP contribution in [0.3, 0.4) is 0 Å². The third-order valence-electron chi connectivity index (χ3n) is 0.907. The van der Waals surface area contributed by atoms with Crippen LogP contribution in [0.2, 0.25) is 0 Å². The molecule has 0 aromatic heterocycles. The molecule has 0 rings (SSSR count). The fraction of sp³-hybridized carbons (Fsp3) is 0.833. The van der Waals surface area contributed by atoms with Crippen LogP contribution in [0.25, 0.3) is 0 Å². The van der Waals surface area contributed by atoms with Crippen molar-refractivity contribution in [3.8, 4) is 0 Å². The van der Waals surface area contributed by atoms with Crippen molar-refractivity contribution in [1.82, 2.24) is 0 Å². The number of nitrogens with two attached hydrogens (primary N) is 3. The van der Waals surface area contributed by atoms with Gasteiger partial charge in [-0.3, -0.25) is 4.99 Å². The number of hydrogen-bond acceptors (Lipinski definition) is 2. The second kappa shape index (κ2) is 13.0. The second-order valence-electron chi connectivity index (χ2n) is 1.80. The third kappa shape index (κ3) is 17.9. The largest absolute Gasteiger partial charge is 0.370 e. The summed E-state index contributed by atoms with van der Waals surface area (Å²) in [7, 11) is 0. The van der Waals surface area contributed by atoms with Crippen LogP contribution in [-0.4, -0.2) is 19.0 Å². The van der Waals surface area contributed by atoms with Gasteiger partial charge in [-0.1, -0.05) is 7.43 Å². The van der Waals surface area contributed by atoms with Crippen molar-refractivity contribution in [2.75, 3.05) is 13.1 Å². The second-order valence-corrected chi connectivity index (χ2v) is 1.80. The van der Waals surface area contributed by atoms with Crippen LogP contribution in [-0.2, 0) is 32.7 Å². The van der Waals surface area contributed by atoms with Crippen LogP contribution in [0.4, 0.5) is 0 Å². The first kappa shape index (κ1) is 17.4. The van der Waals surface area contributed by atoms with Gasteiger partial charge in [-0.05, 0) is 19.4 Å². The summed E-state index contributed by atoms with van der Waals surface area (Å²) in [5.74, 6) is 0.159. The molecule has 5 heteroatoms. The fourth-order valence-electron chi connectivity index (χ4n) is 0.464. The van der Waals surface area contributed by atoms with Gasteiger partial charge in [-0.25, -0.2) is 0 Å². The summed E-state index contributed by atoms with van der Waals surface area (Å²) in [5.41, 5.74) is 15.4. The van der Waals surface area contributed by atoms with Gasteiger partial charge in [0.25, 0.3) is 0 Å². The number of guanidine groups is 1. The van der Waals surface area contributed by atoms with Gasteiger partial charge < -0.3 is 17.2 Å². The molecule has 0 atom stereocenters. The van der Waals surface area contributed by atoms with Gasteiger partial charge in [-0.2, -0.15) is 0 Å². The standard InChI is InChI=1S/C5H14N4.CH4.Y/c6-3-1-2-4-9-5(7)8;;/h1-4,6H2,(H4,7,8,9);1H4;. The average Bonchev–Trinajstić information content (AvgIpc) is 1.80. The van der Waals surface area contributed by atoms with E-state index >= 15 is 0 Å². The van der Waals surface area contributed by atoms with Crippen LogP contribution >= 0.6 is 0 Å². The minimum Gasteiger partial charge on any atom is -0.370 e. The SMILES string of the molecule is C.NCCCCN=C(N)N.[Y]. The summed E-state index contributed by atoms with van der Waals surface area (Å²) in [5, 5.41) is 0. The molecule has 0 amide bonds. The Balaban J connectivity index is -0.000000320. The van der Waals surface area contributed by atoms with Crippen molar-refractivity contribution in [3.05, 3.63) is 0 Å². The van der Waals surface area contributed by atoms with E-state index in [2.05, 4.69) is 4.99 Å². The van der Waals surface area contributed by atoms with E-state index in [4.69, 9.17) is 17.2 Å². The average molecular weight is 235 g/mol. The molecule has 0 heterocycles. The smallest absolute Gasteiger partial charge is 0.185 e. The Morgan fingerprint density at radius 2 is 1.73 bits per heavy atom. The normalized spacial score (nSPS) is 7.36. The number of nitrogens with zero attached hydrogens (tertiary/aromatic N) is 1. The van der Waals surface area contributed by atoms with Crippen molar-refractivity contribution in [2.24, 2.45) is 22.2 Å². The zero-order valence-corrected chi connectivity index (χ0v) is 8.92. The van der Waals surface area contributed by atoms with Crippen LogP contribution in [0.5, 0.6) is 0 Å². The maximum atomic E-state index is 5.23. The molecular formula is C6H18N4Y. The molecule has 4 nitrogen and oxygen atoms in total. The molecule has 0 saturated heterocycles. The Morgan fingerprint density at radius 1 is 1.18 bits per heavy atom. The van der Waals surface area contributed by atoms with E-state index in [0.29, 0.717) is 13.1 Å². The molecule has 11 heavy (non-hydrogen) atoms. The van der Waals surface area contributed by atoms with Crippen molar-refractivity contribution in [2.45, 2.75) is 20.3 Å². The van der Waals surface area contributed by atoms with Crippen molar-refractivity contribution in [3.63, 3.8) is 0 Å². The van der Waals surface area contributed by atoms with E-state index in [1.807, 2.05) is 0 Å². The molecule has 0 aliphatic carbocycles. The predicted octanol–water partition coefficient (Wildman–Crippen LogP) is -0.368. The van der Waals surface area contributed by atoms with Gasteiger partial charge >= 0.3 is 0 Å². The first-order valence-corrected chi connectivity index (χ1v) is 3.03. The molecule has 0 aromatic carbocycles. The van der Waals surface area contributed by atoms with Crippen molar-refractivity contribution < 1.29 is 32.7 Å². The number of aliphatic imine (C=N–C) groups is 1. The number of hydrogen-bond donors (Lipinski definition) is 3. The minimum atomic E-state index is 0. The molecule has 0 spiro atoms. The van der Waals surface area contributed by atoms with E-state index in [0.717, 1.165) is 12.8 Å². The van der Waals surface area contributed by atoms with E-state index in [1.54, 1.807) is 0 Å². The summed E-state index contributed by atoms with van der Waals surface area (Å²) in [6.45, 7) is 1.40. The molecule has 0 bridgehead atoms. The first-order chi connectivity index (χ1) is 4.27. The van der Waals surface area contributed by atoms with Gasteiger partial charge in [0.15, 0.2) is 5.96 Å². The number of unbranched alkanes of at least 4 members (excludes halogenated alkanes) is 1. The summed E-state index contributed by atoms with van der Waals surface area (Å²) >= 11 is 0. The molecule has 65 valence electrons. The van der Waals surface area contributed by atoms with E-state index < -0.39 is 0 Å². The van der Waals surface area contributed by atoms with Gasteiger partial charge in [-0.15, -0.1) is 0 Å². The quantitative estimate of drug-likeness (QED) is 0.353. The Hall–Kier alpha value is 0.334. The molecule has 1 radical (unpaired) electrons. The summed E-state index contributed by atoms with van der Waals surface area (Å²) in [4.78, 5) is 3.78. The van der Waals surface area contributed by atoms with Gasteiger partial charge in [0.1, 0.15) is 0 Å². The molecule has 6 N–H and O–H groups in total. The topological polar surface area (TPSA) is 90.4 Å². The Kier molecular flexibility index (Phi) is 20.5. The molecular weight excluding hydrogens is 217 g/mol. The van der Waals surface area contributed by atoms with Crippen LogP contribution in [0, 0.1) is 0 Å². The number of rotatable bonds is 4. The maximum Gasteiger partial charge on any atom is 0.185 e. The summed E-state index contributed by atoms with van der Waals surface area (Å²) < 4.78 is 0. The predicted molar refractivity (Wildman–Crippen MR) is 45.7 cm³/mol. The van der Waals surface area contributed by atoms with Gasteiger partial charge in [0.2, 0.25) is 0 Å². The Morgan fingerprint density at radius 3 is 2.09 bits per heavy atom. The zero-order valence-electron chi connectivity index (χ0n) is 6.09. The molecule has 0 unspecified atom stereocenters. The van der Waals surface area contributed by atoms with Crippen molar-refractivity contribution in [1.29, 1.82) is 0 Å². The molecule has 0 aromatic rings. The van der Waals surface area contributed by atoms with E-state index in [-0.39, 0.29) is 46.1 Å². The molecule has 0 saturated carbocycles. The van der Waals surface area contributed by atoms with E-state index in [9.17, 15) is 0 Å². The third-order valence-corrected chi connectivity index (χ3v) is 0.907. The van der Waals surface area contributed by atoms with Crippen LogP contribution < -0.4 is 17.2 Å². The van der Waals surface area contributed by atoms with Crippen LogP contribution in [0.15, 0.2) is 4.99 Å². The Labute approximate surface area is 93.9 Å².